The molecule has 0 aliphatic heterocycles. The zero-order chi connectivity index (χ0) is 18.4. The van der Waals surface area contributed by atoms with Gasteiger partial charge in [0, 0.05) is 0 Å². The monoisotopic (exact) mass is 363 g/mol. The zero-order valence-electron chi connectivity index (χ0n) is 9.23. The first-order valence-corrected chi connectivity index (χ1v) is 4.32. The van der Waals surface area contributed by atoms with Crippen molar-refractivity contribution in [2.24, 2.45) is 0 Å². The molecule has 15 heteroatoms. The molecule has 0 rings (SSSR count). The van der Waals surface area contributed by atoms with Crippen LogP contribution in [0.25, 0.3) is 0 Å². The van der Waals surface area contributed by atoms with Crippen molar-refractivity contribution < 1.29 is 66.6 Å². The SMILES string of the molecule is O=[C]OC(F)(F)C(F)(F)C(F)(F)C(F)(F)C(F)(F)C(F)(F)F. The number of carbonyl (C=O) groups excluding carboxylic acids is 1. The maximum atomic E-state index is 12.7. The van der Waals surface area contributed by atoms with E-state index in [2.05, 4.69) is 0 Å². The number of hydrogen-bond donors (Lipinski definition) is 0. The van der Waals surface area contributed by atoms with E-state index >= 15 is 0 Å². The lowest BCUT2D eigenvalue weighted by molar-refractivity contribution is -0.458. The van der Waals surface area contributed by atoms with Crippen LogP contribution in [0.4, 0.5) is 57.1 Å². The third kappa shape index (κ3) is 2.53. The molecule has 2 nitrogen and oxygen atoms in total. The Morgan fingerprint density at radius 3 is 1.14 bits per heavy atom. The van der Waals surface area contributed by atoms with Crippen LogP contribution >= 0.6 is 0 Å². The molecule has 0 bridgehead atoms. The third-order valence-electron chi connectivity index (χ3n) is 2.07. The van der Waals surface area contributed by atoms with Crippen LogP contribution < -0.4 is 0 Å². The van der Waals surface area contributed by atoms with Gasteiger partial charge in [-0.05, 0) is 0 Å². The van der Waals surface area contributed by atoms with Gasteiger partial charge in [-0.1, -0.05) is 0 Å². The highest BCUT2D eigenvalue weighted by Crippen LogP contribution is 2.60. The maximum absolute atomic E-state index is 12.7. The molecule has 0 amide bonds. The molecule has 0 unspecified atom stereocenters. The number of ether oxygens (including phenoxy) is 1. The molecule has 131 valence electrons. The molecule has 0 aromatic carbocycles. The summed E-state index contributed by atoms with van der Waals surface area (Å²) in [6.07, 6.45) is -14.3. The highest BCUT2D eigenvalue weighted by molar-refractivity contribution is 5.39. The Kier molecular flexibility index (Phi) is 4.71. The van der Waals surface area contributed by atoms with E-state index in [1.165, 1.54) is 0 Å². The van der Waals surface area contributed by atoms with E-state index in [0.717, 1.165) is 0 Å². The minimum atomic E-state index is -8.02. The molecular weight excluding hydrogens is 363 g/mol. The van der Waals surface area contributed by atoms with Crippen molar-refractivity contribution in [1.82, 2.24) is 0 Å². The summed E-state index contributed by atoms with van der Waals surface area (Å²) >= 11 is 0. The third-order valence-corrected chi connectivity index (χ3v) is 2.07. The summed E-state index contributed by atoms with van der Waals surface area (Å²) in [6, 6.07) is 0. The number of halogens is 13. The second-order valence-corrected chi connectivity index (χ2v) is 3.50. The minimum Gasteiger partial charge on any atom is -0.387 e. The lowest BCUT2D eigenvalue weighted by atomic mass is 9.97. The summed E-state index contributed by atoms with van der Waals surface area (Å²) in [5.74, 6) is -31.4. The van der Waals surface area contributed by atoms with E-state index in [-0.39, 0.29) is 0 Å². The highest BCUT2D eigenvalue weighted by atomic mass is 19.4. The first-order valence-electron chi connectivity index (χ1n) is 4.32. The van der Waals surface area contributed by atoms with Gasteiger partial charge in [0.2, 0.25) is 0 Å². The van der Waals surface area contributed by atoms with Crippen molar-refractivity contribution in [1.29, 1.82) is 0 Å². The van der Waals surface area contributed by atoms with E-state index in [1.54, 1.807) is 0 Å². The Hall–Kier alpha value is -1.44. The van der Waals surface area contributed by atoms with E-state index in [0.29, 0.717) is 0 Å². The van der Waals surface area contributed by atoms with Gasteiger partial charge < -0.3 is 4.74 Å². The summed E-state index contributed by atoms with van der Waals surface area (Å²) in [6.45, 7) is -0.561. The van der Waals surface area contributed by atoms with E-state index in [4.69, 9.17) is 0 Å². The van der Waals surface area contributed by atoms with Crippen molar-refractivity contribution >= 4 is 6.47 Å². The molecule has 0 saturated heterocycles. The summed E-state index contributed by atoms with van der Waals surface area (Å²) in [7, 11) is 0. The van der Waals surface area contributed by atoms with Crippen molar-refractivity contribution in [2.45, 2.75) is 36.0 Å². The van der Waals surface area contributed by atoms with E-state index < -0.39 is 42.4 Å². The van der Waals surface area contributed by atoms with Crippen molar-refractivity contribution in [3.05, 3.63) is 0 Å². The van der Waals surface area contributed by atoms with E-state index in [1.807, 2.05) is 4.74 Å². The second-order valence-electron chi connectivity index (χ2n) is 3.50. The first-order chi connectivity index (χ1) is 9.31. The topological polar surface area (TPSA) is 26.3 Å². The molecule has 0 N–H and O–H groups in total. The fourth-order valence-electron chi connectivity index (χ4n) is 0.872. The van der Waals surface area contributed by atoms with Gasteiger partial charge in [-0.25, -0.2) is 4.79 Å². The van der Waals surface area contributed by atoms with Crippen molar-refractivity contribution in [3.8, 4) is 0 Å². The van der Waals surface area contributed by atoms with Gasteiger partial charge >= 0.3 is 42.4 Å². The molecule has 0 fully saturated rings. The van der Waals surface area contributed by atoms with Gasteiger partial charge in [0.05, 0.1) is 0 Å². The first kappa shape index (κ1) is 20.6. The van der Waals surface area contributed by atoms with Gasteiger partial charge in [-0.2, -0.15) is 57.1 Å². The predicted octanol–water partition coefficient (Wildman–Crippen LogP) is 3.77. The molecule has 1 radical (unpaired) electrons. The molecule has 0 spiro atoms. The standard InChI is InChI=1S/C7F13O2/c8-2(9,4(12,13)6(16,17)18)3(10,11)5(14,15)7(19,20)22-1-21. The Balaban J connectivity index is 6.16. The molecule has 0 aliphatic carbocycles. The fourth-order valence-corrected chi connectivity index (χ4v) is 0.872. The van der Waals surface area contributed by atoms with Crippen molar-refractivity contribution in [3.63, 3.8) is 0 Å². The van der Waals surface area contributed by atoms with Gasteiger partial charge in [0.25, 0.3) is 0 Å². The molecule has 0 aromatic rings. The Labute approximate surface area is 110 Å². The van der Waals surface area contributed by atoms with Crippen LogP contribution in [0.5, 0.6) is 0 Å². The van der Waals surface area contributed by atoms with Crippen LogP contribution in [0, 0.1) is 0 Å². The highest BCUT2D eigenvalue weighted by Gasteiger charge is 2.91. The van der Waals surface area contributed by atoms with Gasteiger partial charge in [-0.15, -0.1) is 0 Å². The largest absolute Gasteiger partial charge is 0.473 e. The lowest BCUT2D eigenvalue weighted by Gasteiger charge is -2.38. The second kappa shape index (κ2) is 5.04. The van der Waals surface area contributed by atoms with Crippen LogP contribution in [0.15, 0.2) is 0 Å². The van der Waals surface area contributed by atoms with E-state index in [9.17, 15) is 61.9 Å². The fraction of sp³-hybridized carbons (Fsp3) is 0.857. The average molecular weight is 363 g/mol. The van der Waals surface area contributed by atoms with Crippen LogP contribution in [-0.2, 0) is 9.53 Å². The Morgan fingerprint density at radius 1 is 0.545 bits per heavy atom. The Bertz CT molecular complexity index is 423. The number of rotatable bonds is 6. The average Bonchev–Trinajstić information content (AvgIpc) is 2.26. The molecule has 0 aliphatic rings. The minimum absolute atomic E-state index is 0.561. The smallest absolute Gasteiger partial charge is 0.387 e. The maximum Gasteiger partial charge on any atom is 0.473 e. The summed E-state index contributed by atoms with van der Waals surface area (Å²) in [4.78, 5) is 9.28. The molecular formula is C7F13O2. The Morgan fingerprint density at radius 2 is 0.864 bits per heavy atom. The lowest BCUT2D eigenvalue weighted by Crippen LogP contribution is -2.70. The van der Waals surface area contributed by atoms with Crippen LogP contribution in [-0.4, -0.2) is 42.4 Å². The normalized spacial score (nSPS) is 15.7. The zero-order valence-corrected chi connectivity index (χ0v) is 9.23. The molecule has 0 atom stereocenters. The molecule has 0 heterocycles. The van der Waals surface area contributed by atoms with Crippen molar-refractivity contribution in [2.75, 3.05) is 0 Å². The van der Waals surface area contributed by atoms with Gasteiger partial charge in [0.15, 0.2) is 0 Å². The summed E-state index contributed by atoms with van der Waals surface area (Å²) in [5, 5.41) is 0. The van der Waals surface area contributed by atoms with Crippen LogP contribution in [0.3, 0.4) is 0 Å². The summed E-state index contributed by atoms with van der Waals surface area (Å²) in [5.41, 5.74) is 0. The quantitative estimate of drug-likeness (QED) is 0.672. The molecule has 22 heavy (non-hydrogen) atoms. The number of hydrogen-bond acceptors (Lipinski definition) is 2. The predicted molar refractivity (Wildman–Crippen MR) is 37.6 cm³/mol. The van der Waals surface area contributed by atoms with Crippen LogP contribution in [0.2, 0.25) is 0 Å². The molecule has 0 aromatic heterocycles. The van der Waals surface area contributed by atoms with Gasteiger partial charge in [0.1, 0.15) is 0 Å². The number of alkyl halides is 13. The molecule has 0 saturated carbocycles. The van der Waals surface area contributed by atoms with Gasteiger partial charge in [-0.3, -0.25) is 0 Å². The summed E-state index contributed by atoms with van der Waals surface area (Å²) < 4.78 is 162. The van der Waals surface area contributed by atoms with Crippen LogP contribution in [0.1, 0.15) is 0 Å².